The lowest BCUT2D eigenvalue weighted by Gasteiger charge is -2.40. The smallest absolute Gasteiger partial charge is 0.254 e. The first-order valence-corrected chi connectivity index (χ1v) is 11.4. The average molecular weight is 492 g/mol. The number of aromatic nitrogens is 1. The van der Waals surface area contributed by atoms with E-state index in [0.29, 0.717) is 34.1 Å². The van der Waals surface area contributed by atoms with Crippen molar-refractivity contribution in [1.82, 2.24) is 15.2 Å². The van der Waals surface area contributed by atoms with Gasteiger partial charge in [0.25, 0.3) is 5.91 Å². The maximum absolute atomic E-state index is 13.8. The van der Waals surface area contributed by atoms with Crippen molar-refractivity contribution in [2.45, 2.75) is 18.5 Å². The molecule has 4 rings (SSSR count). The number of fused-ring (bicyclic) bond motifs is 1. The maximum Gasteiger partial charge on any atom is 0.254 e. The molecule has 2 aromatic carbocycles. The van der Waals surface area contributed by atoms with Crippen molar-refractivity contribution in [3.05, 3.63) is 77.1 Å². The lowest BCUT2D eigenvalue weighted by Crippen LogP contribution is -2.45. The van der Waals surface area contributed by atoms with E-state index in [9.17, 15) is 9.59 Å². The summed E-state index contributed by atoms with van der Waals surface area (Å²) in [6.07, 6.45) is 1.67. The largest absolute Gasteiger partial charge is 0.493 e. The van der Waals surface area contributed by atoms with Crippen molar-refractivity contribution < 1.29 is 28.5 Å². The Bertz CT molecular complexity index is 1260. The Morgan fingerprint density at radius 2 is 1.58 bits per heavy atom. The molecule has 2 amide bonds. The standard InChI is InChI=1S/C27H29N3O6/c1-30-25(16-9-10-20(33-2)21(12-16)34-3)24(26(31)29-15-17-8-6-7-11-28-17)18-13-22(35-4)23(36-5)14-19(18)27(30)32/h6-14,24-25H,15H2,1-5H3,(H,29,31)/t24-,25-/m1/s1. The number of methoxy groups -OCH3 is 4. The van der Waals surface area contributed by atoms with Gasteiger partial charge in [-0.05, 0) is 47.5 Å². The highest BCUT2D eigenvalue weighted by atomic mass is 16.5. The number of carbonyl (C=O) groups is 2. The fraction of sp³-hybridized carbons (Fsp3) is 0.296. The van der Waals surface area contributed by atoms with E-state index < -0.39 is 12.0 Å². The Hall–Kier alpha value is -4.27. The molecule has 0 saturated carbocycles. The van der Waals surface area contributed by atoms with Crippen LogP contribution in [0.2, 0.25) is 0 Å². The van der Waals surface area contributed by atoms with Gasteiger partial charge in [0.2, 0.25) is 5.91 Å². The fourth-order valence-corrected chi connectivity index (χ4v) is 4.58. The summed E-state index contributed by atoms with van der Waals surface area (Å²) < 4.78 is 21.8. The van der Waals surface area contributed by atoms with Gasteiger partial charge in [0.1, 0.15) is 0 Å². The molecule has 1 N–H and O–H groups in total. The number of rotatable bonds is 8. The third-order valence-corrected chi connectivity index (χ3v) is 6.38. The first kappa shape index (κ1) is 24.8. The second kappa shape index (κ2) is 10.6. The summed E-state index contributed by atoms with van der Waals surface area (Å²) in [4.78, 5) is 33.2. The molecule has 0 unspecified atom stereocenters. The van der Waals surface area contributed by atoms with E-state index in [1.54, 1.807) is 56.6 Å². The van der Waals surface area contributed by atoms with Crippen LogP contribution in [0.3, 0.4) is 0 Å². The van der Waals surface area contributed by atoms with E-state index >= 15 is 0 Å². The SMILES string of the molecule is COc1ccc([C@@H]2[C@H](C(=O)NCc3ccccn3)c3cc(OC)c(OC)cc3C(=O)N2C)cc1OC. The zero-order valence-electron chi connectivity index (χ0n) is 20.9. The molecule has 36 heavy (non-hydrogen) atoms. The van der Waals surface area contributed by atoms with Crippen LogP contribution >= 0.6 is 0 Å². The second-order valence-corrected chi connectivity index (χ2v) is 8.29. The minimum Gasteiger partial charge on any atom is -0.493 e. The number of likely N-dealkylation sites (N-methyl/N-ethyl adjacent to an activating group) is 1. The Labute approximate surface area is 209 Å². The van der Waals surface area contributed by atoms with Crippen LogP contribution in [0.25, 0.3) is 0 Å². The predicted octanol–water partition coefficient (Wildman–Crippen LogP) is 3.34. The number of nitrogens with one attached hydrogen (secondary N) is 1. The highest BCUT2D eigenvalue weighted by Gasteiger charge is 2.43. The molecule has 2 heterocycles. The van der Waals surface area contributed by atoms with Crippen LogP contribution in [0.5, 0.6) is 23.0 Å². The number of nitrogens with zero attached hydrogens (tertiary/aromatic N) is 2. The Morgan fingerprint density at radius 3 is 2.22 bits per heavy atom. The molecule has 0 saturated heterocycles. The van der Waals surface area contributed by atoms with Gasteiger partial charge in [-0.1, -0.05) is 12.1 Å². The minimum atomic E-state index is -0.746. The van der Waals surface area contributed by atoms with Gasteiger partial charge in [0.15, 0.2) is 23.0 Å². The molecule has 0 aliphatic carbocycles. The quantitative estimate of drug-likeness (QED) is 0.516. The summed E-state index contributed by atoms with van der Waals surface area (Å²) in [7, 11) is 7.80. The molecule has 0 bridgehead atoms. The number of amides is 2. The first-order chi connectivity index (χ1) is 17.4. The van der Waals surface area contributed by atoms with E-state index in [-0.39, 0.29) is 18.4 Å². The van der Waals surface area contributed by atoms with E-state index in [1.807, 2.05) is 24.3 Å². The molecule has 0 radical (unpaired) electrons. The summed E-state index contributed by atoms with van der Waals surface area (Å²) in [5.74, 6) is 0.657. The Kier molecular flexibility index (Phi) is 7.28. The molecular weight excluding hydrogens is 462 g/mol. The van der Waals surface area contributed by atoms with Crippen LogP contribution in [-0.2, 0) is 11.3 Å². The number of carbonyl (C=O) groups excluding carboxylic acids is 2. The Balaban J connectivity index is 1.84. The van der Waals surface area contributed by atoms with Gasteiger partial charge in [-0.3, -0.25) is 14.6 Å². The fourth-order valence-electron chi connectivity index (χ4n) is 4.58. The lowest BCUT2D eigenvalue weighted by molar-refractivity contribution is -0.124. The first-order valence-electron chi connectivity index (χ1n) is 11.4. The highest BCUT2D eigenvalue weighted by Crippen LogP contribution is 2.46. The van der Waals surface area contributed by atoms with E-state index in [1.165, 1.54) is 14.2 Å². The van der Waals surface area contributed by atoms with Gasteiger partial charge in [-0.2, -0.15) is 0 Å². The number of pyridine rings is 1. The minimum absolute atomic E-state index is 0.237. The van der Waals surface area contributed by atoms with Crippen LogP contribution < -0.4 is 24.3 Å². The molecule has 3 aromatic rings. The van der Waals surface area contributed by atoms with Crippen molar-refractivity contribution in [2.75, 3.05) is 35.5 Å². The van der Waals surface area contributed by atoms with Gasteiger partial charge in [0, 0.05) is 18.8 Å². The van der Waals surface area contributed by atoms with Crippen LogP contribution in [-0.4, -0.2) is 57.2 Å². The van der Waals surface area contributed by atoms with E-state index in [2.05, 4.69) is 10.3 Å². The predicted molar refractivity (Wildman–Crippen MR) is 133 cm³/mol. The van der Waals surface area contributed by atoms with Gasteiger partial charge in [-0.15, -0.1) is 0 Å². The molecule has 9 nitrogen and oxygen atoms in total. The molecule has 188 valence electrons. The van der Waals surface area contributed by atoms with Crippen LogP contribution in [0.4, 0.5) is 0 Å². The van der Waals surface area contributed by atoms with E-state index in [0.717, 1.165) is 11.3 Å². The van der Waals surface area contributed by atoms with Crippen LogP contribution in [0, 0.1) is 0 Å². The number of ether oxygens (including phenoxy) is 4. The number of hydrogen-bond donors (Lipinski definition) is 1. The highest BCUT2D eigenvalue weighted by molar-refractivity contribution is 6.02. The lowest BCUT2D eigenvalue weighted by atomic mass is 9.79. The zero-order valence-corrected chi connectivity index (χ0v) is 20.9. The third kappa shape index (κ3) is 4.51. The van der Waals surface area contributed by atoms with Crippen LogP contribution in [0.15, 0.2) is 54.7 Å². The van der Waals surface area contributed by atoms with Crippen molar-refractivity contribution >= 4 is 11.8 Å². The van der Waals surface area contributed by atoms with Crippen molar-refractivity contribution in [2.24, 2.45) is 0 Å². The van der Waals surface area contributed by atoms with Gasteiger partial charge >= 0.3 is 0 Å². The summed E-state index contributed by atoms with van der Waals surface area (Å²) >= 11 is 0. The second-order valence-electron chi connectivity index (χ2n) is 8.29. The van der Waals surface area contributed by atoms with Gasteiger partial charge in [-0.25, -0.2) is 0 Å². The molecule has 2 atom stereocenters. The normalized spacial score (nSPS) is 16.7. The van der Waals surface area contributed by atoms with E-state index in [4.69, 9.17) is 18.9 Å². The summed E-state index contributed by atoms with van der Waals surface area (Å²) in [6.45, 7) is 0.245. The van der Waals surface area contributed by atoms with Crippen molar-refractivity contribution in [3.8, 4) is 23.0 Å². The van der Waals surface area contributed by atoms with Crippen molar-refractivity contribution in [1.29, 1.82) is 0 Å². The monoisotopic (exact) mass is 491 g/mol. The topological polar surface area (TPSA) is 99.2 Å². The number of hydrogen-bond acceptors (Lipinski definition) is 7. The molecule has 0 fully saturated rings. The van der Waals surface area contributed by atoms with Crippen LogP contribution in [0.1, 0.15) is 39.1 Å². The maximum atomic E-state index is 13.8. The summed E-state index contributed by atoms with van der Waals surface area (Å²) in [5.41, 5.74) is 2.38. The van der Waals surface area contributed by atoms with Gasteiger partial charge < -0.3 is 29.2 Å². The molecule has 1 aromatic heterocycles. The molecule has 1 aliphatic rings. The summed E-state index contributed by atoms with van der Waals surface area (Å²) in [5, 5.41) is 2.99. The molecule has 0 spiro atoms. The average Bonchev–Trinajstić information content (AvgIpc) is 2.92. The summed E-state index contributed by atoms with van der Waals surface area (Å²) in [6, 6.07) is 13.6. The zero-order chi connectivity index (χ0) is 25.8. The molecule has 9 heteroatoms. The number of benzene rings is 2. The molecular formula is C27H29N3O6. The molecule has 1 aliphatic heterocycles. The van der Waals surface area contributed by atoms with Gasteiger partial charge in [0.05, 0.1) is 52.6 Å². The Morgan fingerprint density at radius 1 is 0.917 bits per heavy atom. The van der Waals surface area contributed by atoms with Crippen molar-refractivity contribution in [3.63, 3.8) is 0 Å². The third-order valence-electron chi connectivity index (χ3n) is 6.38.